The van der Waals surface area contributed by atoms with Gasteiger partial charge in [0.05, 0.1) is 27.4 Å². The third kappa shape index (κ3) is 2.67. The summed E-state index contributed by atoms with van der Waals surface area (Å²) in [5.74, 6) is 0.135. The molecule has 0 bridgehead atoms. The monoisotopic (exact) mass is 253 g/mol. The largest absolute Gasteiger partial charge is 0.481 e. The molecule has 1 amide bonds. The average Bonchev–Trinajstić information content (AvgIpc) is 2.46. The van der Waals surface area contributed by atoms with Crippen molar-refractivity contribution in [3.63, 3.8) is 0 Å². The van der Waals surface area contributed by atoms with Crippen molar-refractivity contribution in [1.29, 1.82) is 0 Å². The van der Waals surface area contributed by atoms with Crippen molar-refractivity contribution >= 4 is 5.91 Å². The van der Waals surface area contributed by atoms with E-state index in [1.807, 2.05) is 0 Å². The van der Waals surface area contributed by atoms with E-state index >= 15 is 0 Å². The van der Waals surface area contributed by atoms with E-state index < -0.39 is 0 Å². The van der Waals surface area contributed by atoms with Crippen LogP contribution >= 0.6 is 0 Å². The third-order valence-electron chi connectivity index (χ3n) is 2.59. The first-order valence-corrected chi connectivity index (χ1v) is 5.58. The lowest BCUT2D eigenvalue weighted by Gasteiger charge is -2.26. The summed E-state index contributed by atoms with van der Waals surface area (Å²) in [6, 6.07) is 1.62. The Bertz CT molecular complexity index is 410. The maximum Gasteiger partial charge on any atom is 0.320 e. The molecule has 2 heterocycles. The van der Waals surface area contributed by atoms with Crippen LogP contribution in [0.15, 0.2) is 6.07 Å². The lowest BCUT2D eigenvalue weighted by atomic mass is 10.3. The minimum atomic E-state index is -0.169. The Labute approximate surface area is 105 Å². The molecule has 1 aliphatic heterocycles. The number of hydrogen-bond acceptors (Lipinski definition) is 6. The van der Waals surface area contributed by atoms with Crippen LogP contribution in [0.3, 0.4) is 0 Å². The maximum atomic E-state index is 12.2. The smallest absolute Gasteiger partial charge is 0.320 e. The van der Waals surface area contributed by atoms with Gasteiger partial charge in [-0.3, -0.25) is 4.79 Å². The molecule has 0 spiro atoms. The van der Waals surface area contributed by atoms with E-state index in [1.165, 1.54) is 20.3 Å². The summed E-state index contributed by atoms with van der Waals surface area (Å²) in [6.07, 6.45) is 0. The van der Waals surface area contributed by atoms with Gasteiger partial charge < -0.3 is 19.1 Å². The Morgan fingerprint density at radius 2 is 2.00 bits per heavy atom. The molecule has 98 valence electrons. The minimum Gasteiger partial charge on any atom is -0.481 e. The molecule has 0 atom stereocenters. The SMILES string of the molecule is COc1cc(C(=O)N2CCOCC2)nc(OC)n1. The molecule has 0 saturated carbocycles. The van der Waals surface area contributed by atoms with Gasteiger partial charge in [-0.25, -0.2) is 0 Å². The van der Waals surface area contributed by atoms with Crippen molar-refractivity contribution in [2.45, 2.75) is 0 Å². The number of amides is 1. The number of morpholine rings is 1. The van der Waals surface area contributed by atoms with E-state index in [0.29, 0.717) is 32.2 Å². The van der Waals surface area contributed by atoms with Crippen LogP contribution < -0.4 is 9.47 Å². The molecule has 1 aromatic rings. The average molecular weight is 253 g/mol. The zero-order valence-corrected chi connectivity index (χ0v) is 10.4. The molecule has 0 N–H and O–H groups in total. The van der Waals surface area contributed by atoms with Gasteiger partial charge in [0.2, 0.25) is 5.88 Å². The van der Waals surface area contributed by atoms with Gasteiger partial charge in [-0.15, -0.1) is 0 Å². The van der Waals surface area contributed by atoms with Gasteiger partial charge in [0, 0.05) is 19.2 Å². The second-order valence-electron chi connectivity index (χ2n) is 3.69. The number of carbonyl (C=O) groups excluding carboxylic acids is 1. The Morgan fingerprint density at radius 3 is 2.61 bits per heavy atom. The van der Waals surface area contributed by atoms with Crippen molar-refractivity contribution in [3.05, 3.63) is 11.8 Å². The van der Waals surface area contributed by atoms with Crippen LogP contribution in [0, 0.1) is 0 Å². The van der Waals surface area contributed by atoms with Crippen molar-refractivity contribution in [3.8, 4) is 11.9 Å². The van der Waals surface area contributed by atoms with Crippen molar-refractivity contribution in [2.75, 3.05) is 40.5 Å². The fraction of sp³-hybridized carbons (Fsp3) is 0.545. The fourth-order valence-corrected chi connectivity index (χ4v) is 1.64. The zero-order chi connectivity index (χ0) is 13.0. The summed E-state index contributed by atoms with van der Waals surface area (Å²) < 4.78 is 15.1. The number of hydrogen-bond donors (Lipinski definition) is 0. The summed E-state index contributed by atoms with van der Waals surface area (Å²) in [4.78, 5) is 21.9. The highest BCUT2D eigenvalue weighted by molar-refractivity contribution is 5.92. The standard InChI is InChI=1S/C11H15N3O4/c1-16-9-7-8(12-11(13-9)17-2)10(15)14-3-5-18-6-4-14/h7H,3-6H2,1-2H3. The van der Waals surface area contributed by atoms with Crippen molar-refractivity contribution < 1.29 is 19.0 Å². The van der Waals surface area contributed by atoms with E-state index in [1.54, 1.807) is 4.90 Å². The van der Waals surface area contributed by atoms with Gasteiger partial charge >= 0.3 is 6.01 Å². The molecule has 1 aliphatic rings. The van der Waals surface area contributed by atoms with Crippen LogP contribution in [0.25, 0.3) is 0 Å². The molecular weight excluding hydrogens is 238 g/mol. The highest BCUT2D eigenvalue weighted by Gasteiger charge is 2.21. The van der Waals surface area contributed by atoms with Crippen molar-refractivity contribution in [1.82, 2.24) is 14.9 Å². The van der Waals surface area contributed by atoms with Gasteiger partial charge in [-0.1, -0.05) is 0 Å². The van der Waals surface area contributed by atoms with Crippen molar-refractivity contribution in [2.24, 2.45) is 0 Å². The number of methoxy groups -OCH3 is 2. The highest BCUT2D eigenvalue weighted by Crippen LogP contribution is 2.15. The summed E-state index contributed by atoms with van der Waals surface area (Å²) in [5, 5.41) is 0. The first-order valence-electron chi connectivity index (χ1n) is 5.58. The molecule has 0 unspecified atom stereocenters. The van der Waals surface area contributed by atoms with Gasteiger partial charge in [0.15, 0.2) is 0 Å². The van der Waals surface area contributed by atoms with Crippen LogP contribution in [0.2, 0.25) is 0 Å². The summed E-state index contributed by atoms with van der Waals surface area (Å²) in [7, 11) is 2.92. The lowest BCUT2D eigenvalue weighted by Crippen LogP contribution is -2.41. The van der Waals surface area contributed by atoms with Crippen LogP contribution in [0.5, 0.6) is 11.9 Å². The van der Waals surface area contributed by atoms with E-state index in [9.17, 15) is 4.79 Å². The van der Waals surface area contributed by atoms with E-state index in [0.717, 1.165) is 0 Å². The topological polar surface area (TPSA) is 73.8 Å². The number of ether oxygens (including phenoxy) is 3. The third-order valence-corrected chi connectivity index (χ3v) is 2.59. The van der Waals surface area contributed by atoms with E-state index in [2.05, 4.69) is 9.97 Å². The predicted molar refractivity (Wildman–Crippen MR) is 61.9 cm³/mol. The highest BCUT2D eigenvalue weighted by atomic mass is 16.5. The fourth-order valence-electron chi connectivity index (χ4n) is 1.64. The minimum absolute atomic E-state index is 0.117. The van der Waals surface area contributed by atoms with Gasteiger partial charge in [-0.05, 0) is 0 Å². The second kappa shape index (κ2) is 5.63. The predicted octanol–water partition coefficient (Wildman–Crippen LogP) is -0.0338. The zero-order valence-electron chi connectivity index (χ0n) is 10.4. The van der Waals surface area contributed by atoms with Gasteiger partial charge in [-0.2, -0.15) is 9.97 Å². The summed E-state index contributed by atoms with van der Waals surface area (Å²) in [5.41, 5.74) is 0.264. The molecule has 7 heteroatoms. The summed E-state index contributed by atoms with van der Waals surface area (Å²) >= 11 is 0. The first-order chi connectivity index (χ1) is 8.74. The molecule has 1 aromatic heterocycles. The molecule has 2 rings (SSSR count). The number of aromatic nitrogens is 2. The lowest BCUT2D eigenvalue weighted by molar-refractivity contribution is 0.0298. The Morgan fingerprint density at radius 1 is 1.28 bits per heavy atom. The second-order valence-corrected chi connectivity index (χ2v) is 3.69. The normalized spacial score (nSPS) is 15.3. The molecule has 7 nitrogen and oxygen atoms in total. The molecular formula is C11H15N3O4. The quantitative estimate of drug-likeness (QED) is 0.753. The maximum absolute atomic E-state index is 12.2. The Balaban J connectivity index is 2.22. The Hall–Kier alpha value is -1.89. The van der Waals surface area contributed by atoms with Crippen LogP contribution in [0.1, 0.15) is 10.5 Å². The molecule has 0 radical (unpaired) electrons. The number of carbonyl (C=O) groups is 1. The summed E-state index contributed by atoms with van der Waals surface area (Å²) in [6.45, 7) is 2.22. The molecule has 18 heavy (non-hydrogen) atoms. The van der Waals surface area contributed by atoms with E-state index in [4.69, 9.17) is 14.2 Å². The molecule has 0 aromatic carbocycles. The van der Waals surface area contributed by atoms with Gasteiger partial charge in [0.25, 0.3) is 5.91 Å². The van der Waals surface area contributed by atoms with Crippen LogP contribution in [0.4, 0.5) is 0 Å². The number of rotatable bonds is 3. The molecule has 0 aliphatic carbocycles. The first kappa shape index (κ1) is 12.6. The van der Waals surface area contributed by atoms with E-state index in [-0.39, 0.29) is 17.6 Å². The molecule has 1 fully saturated rings. The van der Waals surface area contributed by atoms with Crippen LogP contribution in [-0.2, 0) is 4.74 Å². The van der Waals surface area contributed by atoms with Gasteiger partial charge in [0.1, 0.15) is 5.69 Å². The molecule has 1 saturated heterocycles. The Kier molecular flexibility index (Phi) is 3.93. The number of nitrogens with zero attached hydrogens (tertiary/aromatic N) is 3. The van der Waals surface area contributed by atoms with Crippen LogP contribution in [-0.4, -0.2) is 61.3 Å².